The van der Waals surface area contributed by atoms with Gasteiger partial charge in [-0.25, -0.2) is 9.37 Å². The van der Waals surface area contributed by atoms with Gasteiger partial charge in [-0.05, 0) is 24.1 Å². The van der Waals surface area contributed by atoms with E-state index in [-0.39, 0.29) is 24.4 Å². The molecule has 0 bridgehead atoms. The molecule has 0 saturated heterocycles. The molecule has 0 aliphatic rings. The fraction of sp³-hybridized carbons (Fsp3) is 0.286. The second kappa shape index (κ2) is 9.23. The van der Waals surface area contributed by atoms with Crippen LogP contribution in [0, 0.1) is 11.7 Å². The van der Waals surface area contributed by atoms with Crippen LogP contribution in [0.3, 0.4) is 0 Å². The predicted molar refractivity (Wildman–Crippen MR) is 108 cm³/mol. The van der Waals surface area contributed by atoms with E-state index in [0.717, 1.165) is 5.56 Å². The zero-order valence-electron chi connectivity index (χ0n) is 15.9. The van der Waals surface area contributed by atoms with E-state index in [1.807, 2.05) is 26.0 Å². The summed E-state index contributed by atoms with van der Waals surface area (Å²) in [6, 6.07) is 12.0. The molecule has 7 heteroatoms. The third-order valence-corrected chi connectivity index (χ3v) is 4.42. The van der Waals surface area contributed by atoms with Crippen LogP contribution in [-0.2, 0) is 6.54 Å². The second-order valence-corrected chi connectivity index (χ2v) is 6.83. The Hall–Kier alpha value is -3.06. The Balaban J connectivity index is 1.89. The summed E-state index contributed by atoms with van der Waals surface area (Å²) in [6.45, 7) is 4.28. The molecule has 1 atom stereocenters. The van der Waals surface area contributed by atoms with Crippen molar-refractivity contribution in [2.24, 2.45) is 5.92 Å². The molecule has 28 heavy (non-hydrogen) atoms. The van der Waals surface area contributed by atoms with Crippen LogP contribution in [-0.4, -0.2) is 32.7 Å². The van der Waals surface area contributed by atoms with Gasteiger partial charge in [-0.3, -0.25) is 4.98 Å². The largest absolute Gasteiger partial charge is 0.394 e. The van der Waals surface area contributed by atoms with Gasteiger partial charge in [-0.1, -0.05) is 32.0 Å². The third-order valence-electron chi connectivity index (χ3n) is 4.42. The SMILES string of the molecule is CC(C)[C@H](CO)Nc1nc(NCc2ccccc2F)cc(-c2cccnc2)n1. The molecule has 3 N–H and O–H groups in total. The van der Waals surface area contributed by atoms with Crippen LogP contribution in [0.2, 0.25) is 0 Å². The maximum Gasteiger partial charge on any atom is 0.225 e. The summed E-state index contributed by atoms with van der Waals surface area (Å²) in [5.41, 5.74) is 2.07. The Labute approximate surface area is 163 Å². The third kappa shape index (κ3) is 5.01. The van der Waals surface area contributed by atoms with E-state index >= 15 is 0 Å². The highest BCUT2D eigenvalue weighted by Crippen LogP contribution is 2.22. The first-order valence-corrected chi connectivity index (χ1v) is 9.21. The maximum absolute atomic E-state index is 13.9. The molecule has 3 aromatic rings. The number of aliphatic hydroxyl groups is 1. The maximum atomic E-state index is 13.9. The minimum Gasteiger partial charge on any atom is -0.394 e. The van der Waals surface area contributed by atoms with Gasteiger partial charge in [-0.2, -0.15) is 4.98 Å². The molecule has 0 aliphatic carbocycles. The summed E-state index contributed by atoms with van der Waals surface area (Å²) in [5.74, 6) is 0.880. The van der Waals surface area contributed by atoms with Crippen molar-refractivity contribution < 1.29 is 9.50 Å². The van der Waals surface area contributed by atoms with Crippen molar-refractivity contribution in [3.8, 4) is 11.3 Å². The number of hydrogen-bond acceptors (Lipinski definition) is 6. The zero-order valence-corrected chi connectivity index (χ0v) is 15.9. The fourth-order valence-corrected chi connectivity index (χ4v) is 2.68. The van der Waals surface area contributed by atoms with Gasteiger partial charge in [0.15, 0.2) is 0 Å². The highest BCUT2D eigenvalue weighted by molar-refractivity contribution is 5.63. The molecule has 1 aromatic carbocycles. The Morgan fingerprint density at radius 2 is 1.93 bits per heavy atom. The van der Waals surface area contributed by atoms with Gasteiger partial charge in [-0.15, -0.1) is 0 Å². The molecular formula is C21H24FN5O. The highest BCUT2D eigenvalue weighted by atomic mass is 19.1. The molecule has 146 valence electrons. The number of pyridine rings is 1. The summed E-state index contributed by atoms with van der Waals surface area (Å²) in [4.78, 5) is 13.2. The van der Waals surface area contributed by atoms with Gasteiger partial charge in [0.05, 0.1) is 18.3 Å². The lowest BCUT2D eigenvalue weighted by atomic mass is 10.1. The van der Waals surface area contributed by atoms with Gasteiger partial charge < -0.3 is 15.7 Å². The van der Waals surface area contributed by atoms with Gasteiger partial charge in [0.2, 0.25) is 5.95 Å². The van der Waals surface area contributed by atoms with E-state index in [0.29, 0.717) is 29.6 Å². The molecule has 2 heterocycles. The van der Waals surface area contributed by atoms with Crippen LogP contribution < -0.4 is 10.6 Å². The van der Waals surface area contributed by atoms with Gasteiger partial charge in [0, 0.05) is 36.1 Å². The lowest BCUT2D eigenvalue weighted by Crippen LogP contribution is -2.30. The van der Waals surface area contributed by atoms with E-state index < -0.39 is 0 Å². The van der Waals surface area contributed by atoms with E-state index in [1.54, 1.807) is 36.7 Å². The Morgan fingerprint density at radius 3 is 2.61 bits per heavy atom. The number of hydrogen-bond donors (Lipinski definition) is 3. The number of aliphatic hydroxyl groups excluding tert-OH is 1. The normalized spacial score (nSPS) is 12.0. The van der Waals surface area contributed by atoms with Crippen LogP contribution in [0.1, 0.15) is 19.4 Å². The summed E-state index contributed by atoms with van der Waals surface area (Å²) in [5, 5.41) is 16.0. The molecular weight excluding hydrogens is 357 g/mol. The molecule has 0 radical (unpaired) electrons. The van der Waals surface area contributed by atoms with E-state index in [9.17, 15) is 9.50 Å². The lowest BCUT2D eigenvalue weighted by molar-refractivity contribution is 0.248. The number of anilines is 2. The average Bonchev–Trinajstić information content (AvgIpc) is 2.71. The first-order valence-electron chi connectivity index (χ1n) is 9.21. The summed E-state index contributed by atoms with van der Waals surface area (Å²) in [6.07, 6.45) is 3.42. The number of benzene rings is 1. The van der Waals surface area contributed by atoms with Crippen LogP contribution >= 0.6 is 0 Å². The van der Waals surface area contributed by atoms with Crippen LogP contribution in [0.5, 0.6) is 0 Å². The van der Waals surface area contributed by atoms with E-state index in [2.05, 4.69) is 25.6 Å². The van der Waals surface area contributed by atoms with Crippen molar-refractivity contribution in [1.29, 1.82) is 0 Å². The molecule has 0 aliphatic heterocycles. The predicted octanol–water partition coefficient (Wildman–Crippen LogP) is 3.72. The van der Waals surface area contributed by atoms with Crippen molar-refractivity contribution >= 4 is 11.8 Å². The highest BCUT2D eigenvalue weighted by Gasteiger charge is 2.15. The summed E-state index contributed by atoms with van der Waals surface area (Å²) in [7, 11) is 0. The van der Waals surface area contributed by atoms with Crippen molar-refractivity contribution in [1.82, 2.24) is 15.0 Å². The van der Waals surface area contributed by atoms with Crippen molar-refractivity contribution in [2.75, 3.05) is 17.2 Å². The number of halogens is 1. The summed E-state index contributed by atoms with van der Waals surface area (Å²) >= 11 is 0. The topological polar surface area (TPSA) is 83.0 Å². The molecule has 3 rings (SSSR count). The van der Waals surface area contributed by atoms with Crippen molar-refractivity contribution in [3.63, 3.8) is 0 Å². The van der Waals surface area contributed by atoms with Crippen molar-refractivity contribution in [3.05, 3.63) is 66.2 Å². The number of aromatic nitrogens is 3. The molecule has 6 nitrogen and oxygen atoms in total. The molecule has 2 aromatic heterocycles. The van der Waals surface area contributed by atoms with E-state index in [4.69, 9.17) is 0 Å². The first-order chi connectivity index (χ1) is 13.6. The quantitative estimate of drug-likeness (QED) is 0.552. The number of nitrogens with one attached hydrogen (secondary N) is 2. The smallest absolute Gasteiger partial charge is 0.225 e. The minimum atomic E-state index is -0.268. The Bertz CT molecular complexity index is 904. The molecule has 0 unspecified atom stereocenters. The average molecular weight is 381 g/mol. The van der Waals surface area contributed by atoms with Crippen molar-refractivity contribution in [2.45, 2.75) is 26.4 Å². The second-order valence-electron chi connectivity index (χ2n) is 6.83. The fourth-order valence-electron chi connectivity index (χ4n) is 2.68. The standard InChI is InChI=1S/C21H24FN5O/c1-14(2)19(13-28)26-21-25-18(16-7-5-9-23-11-16)10-20(27-21)24-12-15-6-3-4-8-17(15)22/h3-11,14,19,28H,12-13H2,1-2H3,(H2,24,25,26,27)/t19-/m0/s1. The lowest BCUT2D eigenvalue weighted by Gasteiger charge is -2.20. The number of rotatable bonds is 8. The van der Waals surface area contributed by atoms with Crippen LogP contribution in [0.4, 0.5) is 16.2 Å². The molecule has 0 spiro atoms. The van der Waals surface area contributed by atoms with Gasteiger partial charge in [0.1, 0.15) is 11.6 Å². The van der Waals surface area contributed by atoms with Crippen LogP contribution in [0.25, 0.3) is 11.3 Å². The van der Waals surface area contributed by atoms with Crippen LogP contribution in [0.15, 0.2) is 54.9 Å². The molecule has 0 saturated carbocycles. The Morgan fingerprint density at radius 1 is 1.11 bits per heavy atom. The Kier molecular flexibility index (Phi) is 6.49. The first kappa shape index (κ1) is 19.7. The zero-order chi connectivity index (χ0) is 19.9. The number of nitrogens with zero attached hydrogens (tertiary/aromatic N) is 3. The summed E-state index contributed by atoms with van der Waals surface area (Å²) < 4.78 is 13.9. The van der Waals surface area contributed by atoms with Gasteiger partial charge >= 0.3 is 0 Å². The minimum absolute atomic E-state index is 0.0316. The van der Waals surface area contributed by atoms with Gasteiger partial charge in [0.25, 0.3) is 0 Å². The molecule has 0 fully saturated rings. The monoisotopic (exact) mass is 381 g/mol. The van der Waals surface area contributed by atoms with E-state index in [1.165, 1.54) is 6.07 Å². The molecule has 0 amide bonds.